The first-order valence-corrected chi connectivity index (χ1v) is 6.74. The molecule has 0 radical (unpaired) electrons. The molecule has 0 aromatic heterocycles. The van der Waals surface area contributed by atoms with Gasteiger partial charge in [0.1, 0.15) is 11.4 Å². The molecule has 0 bridgehead atoms. The zero-order valence-electron chi connectivity index (χ0n) is 11.5. The van der Waals surface area contributed by atoms with Gasteiger partial charge in [0.2, 0.25) is 0 Å². The molecule has 0 amide bonds. The maximum absolute atomic E-state index is 12.9. The topological polar surface area (TPSA) is 39.1 Å². The van der Waals surface area contributed by atoms with E-state index in [9.17, 15) is 9.65 Å². The summed E-state index contributed by atoms with van der Waals surface area (Å²) in [5.41, 5.74) is 0.442. The van der Waals surface area contributed by atoms with Gasteiger partial charge in [0.15, 0.2) is 0 Å². The van der Waals surface area contributed by atoms with Gasteiger partial charge in [0.05, 0.1) is 6.07 Å². The first kappa shape index (κ1) is 13.8. The molecule has 0 spiro atoms. The van der Waals surface area contributed by atoms with E-state index < -0.39 is 5.54 Å². The highest BCUT2D eigenvalue weighted by atomic mass is 19.1. The van der Waals surface area contributed by atoms with Gasteiger partial charge < -0.3 is 4.90 Å². The second-order valence-electron chi connectivity index (χ2n) is 5.22. The molecule has 1 N–H and O–H groups in total. The maximum Gasteiger partial charge on any atom is 0.127 e. The van der Waals surface area contributed by atoms with Gasteiger partial charge in [0.25, 0.3) is 0 Å². The molecule has 1 aliphatic rings. The molecular formula is C15H20FN3. The van der Waals surface area contributed by atoms with Crippen molar-refractivity contribution in [1.29, 1.82) is 5.26 Å². The molecule has 19 heavy (non-hydrogen) atoms. The van der Waals surface area contributed by atoms with Crippen LogP contribution in [0.25, 0.3) is 0 Å². The van der Waals surface area contributed by atoms with Crippen molar-refractivity contribution in [1.82, 2.24) is 5.32 Å². The molecule has 1 fully saturated rings. The van der Waals surface area contributed by atoms with Crippen LogP contribution in [0.15, 0.2) is 24.3 Å². The van der Waals surface area contributed by atoms with Crippen LogP contribution in [0.3, 0.4) is 0 Å². The van der Waals surface area contributed by atoms with Crippen LogP contribution in [-0.2, 0) is 0 Å². The number of hydrogen-bond donors (Lipinski definition) is 1. The standard InChI is InChI=1S/C15H20FN3/c1-3-18-15(10-17,12-4-5-12)11-19(2)14-8-6-13(16)7-9-14/h6-9,12,18H,3-5,11H2,1-2H3. The van der Waals surface area contributed by atoms with Crippen LogP contribution in [0, 0.1) is 23.1 Å². The summed E-state index contributed by atoms with van der Waals surface area (Å²) >= 11 is 0. The third kappa shape index (κ3) is 3.05. The lowest BCUT2D eigenvalue weighted by Crippen LogP contribution is -2.53. The lowest BCUT2D eigenvalue weighted by Gasteiger charge is -2.33. The Labute approximate surface area is 114 Å². The van der Waals surface area contributed by atoms with Crippen LogP contribution >= 0.6 is 0 Å². The molecule has 1 aromatic rings. The van der Waals surface area contributed by atoms with E-state index in [1.54, 1.807) is 12.1 Å². The van der Waals surface area contributed by atoms with Crippen LogP contribution < -0.4 is 10.2 Å². The lowest BCUT2D eigenvalue weighted by molar-refractivity contribution is 0.377. The zero-order valence-corrected chi connectivity index (χ0v) is 11.5. The van der Waals surface area contributed by atoms with Gasteiger partial charge >= 0.3 is 0 Å². The molecule has 3 nitrogen and oxygen atoms in total. The van der Waals surface area contributed by atoms with Crippen molar-refractivity contribution in [2.45, 2.75) is 25.3 Å². The van der Waals surface area contributed by atoms with Gasteiger partial charge in [-0.25, -0.2) is 4.39 Å². The molecule has 102 valence electrons. The largest absolute Gasteiger partial charge is 0.372 e. The molecule has 0 aliphatic heterocycles. The summed E-state index contributed by atoms with van der Waals surface area (Å²) in [5, 5.41) is 12.9. The highest BCUT2D eigenvalue weighted by Crippen LogP contribution is 2.40. The monoisotopic (exact) mass is 261 g/mol. The van der Waals surface area contributed by atoms with Crippen molar-refractivity contribution in [2.24, 2.45) is 5.92 Å². The van der Waals surface area contributed by atoms with E-state index in [0.29, 0.717) is 12.5 Å². The summed E-state index contributed by atoms with van der Waals surface area (Å²) in [5.74, 6) is 0.193. The number of halogens is 1. The number of hydrogen-bond acceptors (Lipinski definition) is 3. The zero-order chi connectivity index (χ0) is 13.9. The van der Waals surface area contributed by atoms with E-state index in [2.05, 4.69) is 11.4 Å². The van der Waals surface area contributed by atoms with E-state index >= 15 is 0 Å². The van der Waals surface area contributed by atoms with Gasteiger partial charge in [-0.05, 0) is 49.6 Å². The fourth-order valence-corrected chi connectivity index (χ4v) is 2.55. The van der Waals surface area contributed by atoms with E-state index in [4.69, 9.17) is 0 Å². The summed E-state index contributed by atoms with van der Waals surface area (Å²) in [6.07, 6.45) is 2.22. The third-order valence-electron chi connectivity index (χ3n) is 3.72. The maximum atomic E-state index is 12.9. The Morgan fingerprint density at radius 1 is 1.42 bits per heavy atom. The summed E-state index contributed by atoms with van der Waals surface area (Å²) in [7, 11) is 1.94. The van der Waals surface area contributed by atoms with Gasteiger partial charge in [-0.3, -0.25) is 5.32 Å². The molecule has 4 heteroatoms. The summed E-state index contributed by atoms with van der Waals surface area (Å²) in [6, 6.07) is 8.85. The highest BCUT2D eigenvalue weighted by molar-refractivity contribution is 5.46. The Morgan fingerprint density at radius 2 is 2.05 bits per heavy atom. The number of nitrogens with zero attached hydrogens (tertiary/aromatic N) is 2. The van der Waals surface area contributed by atoms with Crippen molar-refractivity contribution in [3.63, 3.8) is 0 Å². The van der Waals surface area contributed by atoms with Gasteiger partial charge in [-0.15, -0.1) is 0 Å². The minimum atomic E-state index is -0.488. The fourth-order valence-electron chi connectivity index (χ4n) is 2.55. The normalized spacial score (nSPS) is 17.6. The van der Waals surface area contributed by atoms with Crippen molar-refractivity contribution in [3.05, 3.63) is 30.1 Å². The Hall–Kier alpha value is -1.60. The first-order valence-electron chi connectivity index (χ1n) is 6.74. The molecule has 0 saturated heterocycles. The van der Waals surface area contributed by atoms with Crippen molar-refractivity contribution in [2.75, 3.05) is 25.0 Å². The number of nitrogens with one attached hydrogen (secondary N) is 1. The average Bonchev–Trinajstić information content (AvgIpc) is 3.23. The number of nitriles is 1. The minimum absolute atomic E-state index is 0.238. The van der Waals surface area contributed by atoms with Crippen LogP contribution in [0.5, 0.6) is 0 Å². The van der Waals surface area contributed by atoms with E-state index in [0.717, 1.165) is 25.1 Å². The average molecular weight is 261 g/mol. The number of benzene rings is 1. The fraction of sp³-hybridized carbons (Fsp3) is 0.533. The smallest absolute Gasteiger partial charge is 0.127 e. The molecule has 1 saturated carbocycles. The Bertz CT molecular complexity index is 461. The lowest BCUT2D eigenvalue weighted by atomic mass is 9.94. The third-order valence-corrected chi connectivity index (χ3v) is 3.72. The van der Waals surface area contributed by atoms with Gasteiger partial charge in [0, 0.05) is 19.3 Å². The van der Waals surface area contributed by atoms with E-state index in [-0.39, 0.29) is 5.82 Å². The quantitative estimate of drug-likeness (QED) is 0.855. The summed E-state index contributed by atoms with van der Waals surface area (Å²) < 4.78 is 12.9. The van der Waals surface area contributed by atoms with Crippen molar-refractivity contribution >= 4 is 5.69 Å². The van der Waals surface area contributed by atoms with Gasteiger partial charge in [-0.2, -0.15) is 5.26 Å². The number of likely N-dealkylation sites (N-methyl/N-ethyl adjacent to an activating group) is 2. The second kappa shape index (κ2) is 5.58. The Kier molecular flexibility index (Phi) is 4.06. The number of rotatable bonds is 6. The SMILES string of the molecule is CCNC(C#N)(CN(C)c1ccc(F)cc1)C1CC1. The highest BCUT2D eigenvalue weighted by Gasteiger charge is 2.45. The molecule has 0 heterocycles. The molecule has 1 atom stereocenters. The summed E-state index contributed by atoms with van der Waals surface area (Å²) in [6.45, 7) is 3.42. The Balaban J connectivity index is 2.12. The first-order chi connectivity index (χ1) is 9.11. The van der Waals surface area contributed by atoms with Crippen LogP contribution in [0.4, 0.5) is 10.1 Å². The molecular weight excluding hydrogens is 241 g/mol. The van der Waals surface area contributed by atoms with Gasteiger partial charge in [-0.1, -0.05) is 6.92 Å². The predicted molar refractivity (Wildman–Crippen MR) is 74.4 cm³/mol. The minimum Gasteiger partial charge on any atom is -0.372 e. The number of anilines is 1. The molecule has 1 aromatic carbocycles. The van der Waals surface area contributed by atoms with Crippen LogP contribution in [0.1, 0.15) is 19.8 Å². The predicted octanol–water partition coefficient (Wildman–Crippen LogP) is 2.54. The Morgan fingerprint density at radius 3 is 2.53 bits per heavy atom. The van der Waals surface area contributed by atoms with Crippen LogP contribution in [0.2, 0.25) is 0 Å². The molecule has 1 aliphatic carbocycles. The van der Waals surface area contributed by atoms with Crippen molar-refractivity contribution in [3.8, 4) is 6.07 Å². The van der Waals surface area contributed by atoms with Crippen molar-refractivity contribution < 1.29 is 4.39 Å². The molecule has 1 unspecified atom stereocenters. The van der Waals surface area contributed by atoms with E-state index in [1.807, 2.05) is 18.9 Å². The van der Waals surface area contributed by atoms with E-state index in [1.165, 1.54) is 12.1 Å². The second-order valence-corrected chi connectivity index (χ2v) is 5.22. The van der Waals surface area contributed by atoms with Crippen LogP contribution in [-0.4, -0.2) is 25.7 Å². The molecule has 2 rings (SSSR count). The summed E-state index contributed by atoms with van der Waals surface area (Å²) in [4.78, 5) is 2.02.